The third-order valence-corrected chi connectivity index (χ3v) is 4.55. The summed E-state index contributed by atoms with van der Waals surface area (Å²) in [5.74, 6) is 1.43. The van der Waals surface area contributed by atoms with E-state index in [0.29, 0.717) is 5.88 Å². The summed E-state index contributed by atoms with van der Waals surface area (Å²) in [4.78, 5) is 2.50. The van der Waals surface area contributed by atoms with Gasteiger partial charge in [-0.1, -0.05) is 19.4 Å². The number of hydrogen-bond acceptors (Lipinski definition) is 1. The predicted octanol–water partition coefficient (Wildman–Crippen LogP) is 4.81. The zero-order valence-corrected chi connectivity index (χ0v) is 12.6. The molecular weight excluding hydrogens is 298 g/mol. The van der Waals surface area contributed by atoms with E-state index in [1.807, 2.05) is 0 Å². The molecule has 1 aliphatic rings. The van der Waals surface area contributed by atoms with Crippen molar-refractivity contribution in [3.05, 3.63) is 28.2 Å². The zero-order valence-electron chi connectivity index (χ0n) is 10.3. The van der Waals surface area contributed by atoms with Gasteiger partial charge in [-0.2, -0.15) is 0 Å². The van der Waals surface area contributed by atoms with Crippen molar-refractivity contribution in [3.8, 4) is 0 Å². The van der Waals surface area contributed by atoms with E-state index >= 15 is 0 Å². The quantitative estimate of drug-likeness (QED) is 0.723. The summed E-state index contributed by atoms with van der Waals surface area (Å²) in [5, 5.41) is 0. The van der Waals surface area contributed by atoms with Crippen molar-refractivity contribution < 1.29 is 0 Å². The molecule has 1 nitrogen and oxygen atoms in total. The van der Waals surface area contributed by atoms with E-state index in [1.165, 1.54) is 48.1 Å². The number of benzene rings is 1. The zero-order chi connectivity index (χ0) is 12.3. The van der Waals surface area contributed by atoms with Crippen molar-refractivity contribution in [2.45, 2.75) is 32.1 Å². The average Bonchev–Trinajstić information content (AvgIpc) is 2.38. The highest BCUT2D eigenvalue weighted by Gasteiger charge is 2.20. The van der Waals surface area contributed by atoms with Crippen LogP contribution in [0.1, 0.15) is 31.7 Å². The number of alkyl halides is 1. The van der Waals surface area contributed by atoms with Crippen LogP contribution in [0.25, 0.3) is 0 Å². The Hall–Kier alpha value is -0.210. The van der Waals surface area contributed by atoms with Gasteiger partial charge in [0.15, 0.2) is 0 Å². The molecule has 94 valence electrons. The maximum Gasteiger partial charge on any atom is 0.0510 e. The summed E-state index contributed by atoms with van der Waals surface area (Å²) in [6, 6.07) is 6.46. The molecule has 3 heteroatoms. The Kier molecular flexibility index (Phi) is 4.75. The number of rotatable bonds is 3. The molecule has 0 aromatic heterocycles. The molecule has 0 spiro atoms. The van der Waals surface area contributed by atoms with Crippen molar-refractivity contribution in [2.24, 2.45) is 5.92 Å². The summed E-state index contributed by atoms with van der Waals surface area (Å²) < 4.78 is 1.17. The Morgan fingerprint density at radius 3 is 2.94 bits per heavy atom. The summed E-state index contributed by atoms with van der Waals surface area (Å²) in [5.41, 5.74) is 2.49. The summed E-state index contributed by atoms with van der Waals surface area (Å²) in [6.45, 7) is 4.66. The highest BCUT2D eigenvalue weighted by molar-refractivity contribution is 9.10. The molecule has 1 unspecified atom stereocenters. The fourth-order valence-corrected chi connectivity index (χ4v) is 3.35. The Balaban J connectivity index is 2.16. The third kappa shape index (κ3) is 3.17. The minimum atomic E-state index is 0.580. The molecule has 0 bridgehead atoms. The largest absolute Gasteiger partial charge is 0.370 e. The van der Waals surface area contributed by atoms with Gasteiger partial charge in [-0.15, -0.1) is 11.6 Å². The monoisotopic (exact) mass is 315 g/mol. The molecule has 2 rings (SSSR count). The van der Waals surface area contributed by atoms with Gasteiger partial charge in [0.25, 0.3) is 0 Å². The first-order chi connectivity index (χ1) is 8.24. The van der Waals surface area contributed by atoms with Gasteiger partial charge in [0.2, 0.25) is 0 Å². The molecule has 0 amide bonds. The molecule has 1 saturated heterocycles. The average molecular weight is 317 g/mol. The Morgan fingerprint density at radius 2 is 2.29 bits per heavy atom. The summed E-state index contributed by atoms with van der Waals surface area (Å²) in [6.07, 6.45) is 3.97. The maximum atomic E-state index is 5.85. The lowest BCUT2D eigenvalue weighted by atomic mass is 9.95. The van der Waals surface area contributed by atoms with Crippen LogP contribution in [0, 0.1) is 5.92 Å². The Labute approximate surface area is 117 Å². The fraction of sp³-hybridized carbons (Fsp3) is 0.571. The highest BCUT2D eigenvalue weighted by atomic mass is 79.9. The minimum Gasteiger partial charge on any atom is -0.370 e. The lowest BCUT2D eigenvalue weighted by Crippen LogP contribution is -2.35. The van der Waals surface area contributed by atoms with Crippen LogP contribution in [0.4, 0.5) is 5.69 Å². The van der Waals surface area contributed by atoms with Crippen LogP contribution in [-0.2, 0) is 5.88 Å². The molecule has 1 heterocycles. The van der Waals surface area contributed by atoms with Gasteiger partial charge in [-0.3, -0.25) is 0 Å². The van der Waals surface area contributed by atoms with Gasteiger partial charge in [0, 0.05) is 23.4 Å². The van der Waals surface area contributed by atoms with E-state index in [0.717, 1.165) is 5.92 Å². The fourth-order valence-electron chi connectivity index (χ4n) is 2.51. The van der Waals surface area contributed by atoms with Gasteiger partial charge < -0.3 is 4.90 Å². The molecule has 0 radical (unpaired) electrons. The van der Waals surface area contributed by atoms with Gasteiger partial charge in [-0.25, -0.2) is 0 Å². The lowest BCUT2D eigenvalue weighted by molar-refractivity contribution is 0.404. The van der Waals surface area contributed by atoms with Crippen LogP contribution in [0.15, 0.2) is 22.7 Å². The highest BCUT2D eigenvalue weighted by Crippen LogP contribution is 2.31. The van der Waals surface area contributed by atoms with Crippen LogP contribution in [0.3, 0.4) is 0 Å². The molecule has 17 heavy (non-hydrogen) atoms. The Bertz CT molecular complexity index is 380. The van der Waals surface area contributed by atoms with Crippen LogP contribution in [0.5, 0.6) is 0 Å². The summed E-state index contributed by atoms with van der Waals surface area (Å²) in [7, 11) is 0. The molecule has 0 saturated carbocycles. The van der Waals surface area contributed by atoms with E-state index in [9.17, 15) is 0 Å². The number of anilines is 1. The van der Waals surface area contributed by atoms with Crippen LogP contribution in [0.2, 0.25) is 0 Å². The first kappa shape index (κ1) is 13.2. The van der Waals surface area contributed by atoms with Crippen molar-refractivity contribution in [1.82, 2.24) is 0 Å². The van der Waals surface area contributed by atoms with Gasteiger partial charge in [0.05, 0.1) is 5.69 Å². The molecule has 1 aromatic carbocycles. The van der Waals surface area contributed by atoms with Gasteiger partial charge >= 0.3 is 0 Å². The van der Waals surface area contributed by atoms with E-state index in [-0.39, 0.29) is 0 Å². The van der Waals surface area contributed by atoms with Crippen molar-refractivity contribution in [3.63, 3.8) is 0 Å². The van der Waals surface area contributed by atoms with Crippen LogP contribution >= 0.6 is 27.5 Å². The second-order valence-electron chi connectivity index (χ2n) is 4.78. The second-order valence-corrected chi connectivity index (χ2v) is 5.90. The van der Waals surface area contributed by atoms with Crippen molar-refractivity contribution in [2.75, 3.05) is 18.0 Å². The van der Waals surface area contributed by atoms with E-state index in [1.54, 1.807) is 0 Å². The molecule has 1 atom stereocenters. The normalized spacial score (nSPS) is 20.6. The third-order valence-electron chi connectivity index (χ3n) is 3.60. The van der Waals surface area contributed by atoms with E-state index in [2.05, 4.69) is 46.0 Å². The number of nitrogens with zero attached hydrogens (tertiary/aromatic N) is 1. The first-order valence-electron chi connectivity index (χ1n) is 6.34. The molecule has 1 aliphatic heterocycles. The van der Waals surface area contributed by atoms with Crippen LogP contribution < -0.4 is 4.90 Å². The number of halogens is 2. The molecule has 0 N–H and O–H groups in total. The second kappa shape index (κ2) is 6.10. The van der Waals surface area contributed by atoms with Crippen molar-refractivity contribution in [1.29, 1.82) is 0 Å². The van der Waals surface area contributed by atoms with Gasteiger partial charge in [0.1, 0.15) is 0 Å². The SMILES string of the molecule is CCC1CCCN(c2ccc(CCl)cc2Br)C1. The van der Waals surface area contributed by atoms with Gasteiger partial charge in [-0.05, 0) is 52.4 Å². The standard InChI is InChI=1S/C14H19BrClN/c1-2-11-4-3-7-17(10-11)14-6-5-12(9-16)8-13(14)15/h5-6,8,11H,2-4,7,9-10H2,1H3. The molecule has 0 aliphatic carbocycles. The van der Waals surface area contributed by atoms with E-state index in [4.69, 9.17) is 11.6 Å². The first-order valence-corrected chi connectivity index (χ1v) is 7.66. The lowest BCUT2D eigenvalue weighted by Gasteiger charge is -2.34. The van der Waals surface area contributed by atoms with Crippen LogP contribution in [-0.4, -0.2) is 13.1 Å². The minimum absolute atomic E-state index is 0.580. The predicted molar refractivity (Wildman–Crippen MR) is 78.9 cm³/mol. The molecule has 1 aromatic rings. The van der Waals surface area contributed by atoms with E-state index < -0.39 is 0 Å². The topological polar surface area (TPSA) is 3.24 Å². The smallest absolute Gasteiger partial charge is 0.0510 e. The summed E-state index contributed by atoms with van der Waals surface area (Å²) >= 11 is 9.51. The number of hydrogen-bond donors (Lipinski definition) is 0. The Morgan fingerprint density at radius 1 is 1.47 bits per heavy atom. The molecular formula is C14H19BrClN. The number of piperidine rings is 1. The van der Waals surface area contributed by atoms with Crippen molar-refractivity contribution >= 4 is 33.2 Å². The molecule has 1 fully saturated rings. The maximum absolute atomic E-state index is 5.85.